The van der Waals surface area contributed by atoms with Crippen LogP contribution in [-0.2, 0) is 6.54 Å². The standard InChI is InChI=1S/C12H12ClNS/c1-8-5-6-11(15-8)12-9(7-14)3-2-4-10(12)13/h2-6H,7,14H2,1H3. The normalized spacial score (nSPS) is 10.6. The first-order valence-electron chi connectivity index (χ1n) is 4.76. The van der Waals surface area contributed by atoms with Gasteiger partial charge in [0.15, 0.2) is 0 Å². The van der Waals surface area contributed by atoms with Crippen molar-refractivity contribution in [2.24, 2.45) is 5.73 Å². The predicted octanol–water partition coefficient (Wildman–Crippen LogP) is 3.84. The summed E-state index contributed by atoms with van der Waals surface area (Å²) in [5, 5.41) is 0.778. The average Bonchev–Trinajstić information content (AvgIpc) is 2.64. The van der Waals surface area contributed by atoms with Crippen LogP contribution in [-0.4, -0.2) is 0 Å². The fourth-order valence-electron chi connectivity index (χ4n) is 1.58. The van der Waals surface area contributed by atoms with E-state index in [1.807, 2.05) is 18.2 Å². The molecule has 0 saturated carbocycles. The Hall–Kier alpha value is -0.830. The Balaban J connectivity index is 2.60. The van der Waals surface area contributed by atoms with E-state index in [0.29, 0.717) is 6.54 Å². The highest BCUT2D eigenvalue weighted by molar-refractivity contribution is 7.15. The fourth-order valence-corrected chi connectivity index (χ4v) is 2.90. The zero-order chi connectivity index (χ0) is 10.8. The van der Waals surface area contributed by atoms with Gasteiger partial charge in [0.25, 0.3) is 0 Å². The number of benzene rings is 1. The molecular formula is C12H12ClNS. The highest BCUT2D eigenvalue weighted by atomic mass is 35.5. The first-order valence-corrected chi connectivity index (χ1v) is 5.96. The molecule has 1 aromatic carbocycles. The minimum atomic E-state index is 0.521. The molecule has 2 aromatic rings. The number of thiophene rings is 1. The summed E-state index contributed by atoms with van der Waals surface area (Å²) in [5.41, 5.74) is 7.89. The number of hydrogen-bond acceptors (Lipinski definition) is 2. The summed E-state index contributed by atoms with van der Waals surface area (Å²) in [4.78, 5) is 2.48. The molecule has 0 amide bonds. The van der Waals surface area contributed by atoms with Crippen molar-refractivity contribution in [2.45, 2.75) is 13.5 Å². The molecule has 0 radical (unpaired) electrons. The van der Waals surface area contributed by atoms with E-state index < -0.39 is 0 Å². The molecule has 1 aromatic heterocycles. The quantitative estimate of drug-likeness (QED) is 0.844. The molecule has 1 nitrogen and oxygen atoms in total. The smallest absolute Gasteiger partial charge is 0.0495 e. The van der Waals surface area contributed by atoms with E-state index in [-0.39, 0.29) is 0 Å². The van der Waals surface area contributed by atoms with Crippen molar-refractivity contribution in [1.82, 2.24) is 0 Å². The summed E-state index contributed by atoms with van der Waals surface area (Å²) >= 11 is 7.95. The van der Waals surface area contributed by atoms with Crippen LogP contribution in [0.5, 0.6) is 0 Å². The van der Waals surface area contributed by atoms with E-state index in [9.17, 15) is 0 Å². The van der Waals surface area contributed by atoms with Crippen molar-refractivity contribution < 1.29 is 0 Å². The van der Waals surface area contributed by atoms with Crippen LogP contribution < -0.4 is 5.73 Å². The molecule has 0 aliphatic carbocycles. The van der Waals surface area contributed by atoms with Crippen molar-refractivity contribution in [3.05, 3.63) is 45.8 Å². The topological polar surface area (TPSA) is 26.0 Å². The first-order chi connectivity index (χ1) is 7.22. The Bertz CT molecular complexity index is 476. The van der Waals surface area contributed by atoms with Gasteiger partial charge < -0.3 is 5.73 Å². The summed E-state index contributed by atoms with van der Waals surface area (Å²) in [5.74, 6) is 0. The first kappa shape index (κ1) is 10.7. The van der Waals surface area contributed by atoms with Gasteiger partial charge in [-0.25, -0.2) is 0 Å². The molecule has 1 heterocycles. The Labute approximate surface area is 98.5 Å². The minimum Gasteiger partial charge on any atom is -0.326 e. The lowest BCUT2D eigenvalue weighted by Crippen LogP contribution is -1.98. The average molecular weight is 238 g/mol. The van der Waals surface area contributed by atoms with Gasteiger partial charge >= 0.3 is 0 Å². The molecular weight excluding hydrogens is 226 g/mol. The molecule has 0 fully saturated rings. The van der Waals surface area contributed by atoms with Crippen LogP contribution in [0.2, 0.25) is 5.02 Å². The van der Waals surface area contributed by atoms with E-state index in [0.717, 1.165) is 16.1 Å². The van der Waals surface area contributed by atoms with Gasteiger partial charge in [0.1, 0.15) is 0 Å². The Morgan fingerprint density at radius 3 is 2.67 bits per heavy atom. The molecule has 0 spiro atoms. The second-order valence-electron chi connectivity index (χ2n) is 3.39. The Morgan fingerprint density at radius 2 is 2.07 bits per heavy atom. The lowest BCUT2D eigenvalue weighted by atomic mass is 10.1. The van der Waals surface area contributed by atoms with Gasteiger partial charge in [-0.1, -0.05) is 23.7 Å². The number of nitrogens with two attached hydrogens (primary N) is 1. The maximum Gasteiger partial charge on any atom is 0.0495 e. The van der Waals surface area contributed by atoms with Crippen LogP contribution in [0.1, 0.15) is 10.4 Å². The SMILES string of the molecule is Cc1ccc(-c2c(Cl)cccc2CN)s1. The maximum absolute atomic E-state index is 6.20. The van der Waals surface area contributed by atoms with E-state index in [1.54, 1.807) is 11.3 Å². The zero-order valence-corrected chi connectivity index (χ0v) is 10.0. The molecule has 0 aliphatic rings. The zero-order valence-electron chi connectivity index (χ0n) is 8.46. The van der Waals surface area contributed by atoms with Crippen LogP contribution in [0.15, 0.2) is 30.3 Å². The van der Waals surface area contributed by atoms with Crippen molar-refractivity contribution >= 4 is 22.9 Å². The van der Waals surface area contributed by atoms with Gasteiger partial charge in [-0.3, -0.25) is 0 Å². The van der Waals surface area contributed by atoms with Gasteiger partial charge in [0.05, 0.1) is 0 Å². The predicted molar refractivity (Wildman–Crippen MR) is 67.4 cm³/mol. The number of rotatable bonds is 2. The highest BCUT2D eigenvalue weighted by Crippen LogP contribution is 2.35. The van der Waals surface area contributed by atoms with Crippen LogP contribution in [0.3, 0.4) is 0 Å². The van der Waals surface area contributed by atoms with Crippen molar-refractivity contribution in [3.8, 4) is 10.4 Å². The molecule has 2 N–H and O–H groups in total. The van der Waals surface area contributed by atoms with Gasteiger partial charge in [-0.2, -0.15) is 0 Å². The molecule has 3 heteroatoms. The van der Waals surface area contributed by atoms with Gasteiger partial charge in [0, 0.05) is 26.9 Å². The molecule has 0 saturated heterocycles. The molecule has 2 rings (SSSR count). The van der Waals surface area contributed by atoms with Crippen molar-refractivity contribution in [2.75, 3.05) is 0 Å². The van der Waals surface area contributed by atoms with E-state index in [1.165, 1.54) is 9.75 Å². The summed E-state index contributed by atoms with van der Waals surface area (Å²) in [6.45, 7) is 2.61. The maximum atomic E-state index is 6.20. The van der Waals surface area contributed by atoms with E-state index >= 15 is 0 Å². The Kier molecular flexibility index (Phi) is 3.10. The minimum absolute atomic E-state index is 0.521. The van der Waals surface area contributed by atoms with Gasteiger partial charge in [-0.15, -0.1) is 11.3 Å². The lowest BCUT2D eigenvalue weighted by molar-refractivity contribution is 1.08. The summed E-state index contributed by atoms with van der Waals surface area (Å²) in [6, 6.07) is 10.1. The highest BCUT2D eigenvalue weighted by Gasteiger charge is 2.09. The van der Waals surface area contributed by atoms with Crippen molar-refractivity contribution in [3.63, 3.8) is 0 Å². The Morgan fingerprint density at radius 1 is 1.27 bits per heavy atom. The van der Waals surface area contributed by atoms with Gasteiger partial charge in [0.2, 0.25) is 0 Å². The van der Waals surface area contributed by atoms with E-state index in [4.69, 9.17) is 17.3 Å². The summed E-state index contributed by atoms with van der Waals surface area (Å²) < 4.78 is 0. The third-order valence-corrected chi connectivity index (χ3v) is 3.64. The molecule has 0 unspecified atom stereocenters. The van der Waals surface area contributed by atoms with Crippen LogP contribution in [0.25, 0.3) is 10.4 Å². The van der Waals surface area contributed by atoms with Gasteiger partial charge in [-0.05, 0) is 30.7 Å². The summed E-state index contributed by atoms with van der Waals surface area (Å²) in [6.07, 6.45) is 0. The molecule has 15 heavy (non-hydrogen) atoms. The molecule has 0 aliphatic heterocycles. The monoisotopic (exact) mass is 237 g/mol. The van der Waals surface area contributed by atoms with Crippen LogP contribution >= 0.6 is 22.9 Å². The van der Waals surface area contributed by atoms with Crippen molar-refractivity contribution in [1.29, 1.82) is 0 Å². The van der Waals surface area contributed by atoms with Crippen LogP contribution in [0, 0.1) is 6.92 Å². The summed E-state index contributed by atoms with van der Waals surface area (Å²) in [7, 11) is 0. The largest absolute Gasteiger partial charge is 0.326 e. The van der Waals surface area contributed by atoms with E-state index in [2.05, 4.69) is 19.1 Å². The molecule has 78 valence electrons. The molecule has 0 atom stereocenters. The number of hydrogen-bond donors (Lipinski definition) is 1. The molecule has 0 bridgehead atoms. The number of halogens is 1. The third kappa shape index (κ3) is 2.07. The second-order valence-corrected chi connectivity index (χ2v) is 5.08. The van der Waals surface area contributed by atoms with Crippen LogP contribution in [0.4, 0.5) is 0 Å². The lowest BCUT2D eigenvalue weighted by Gasteiger charge is -2.07. The number of aryl methyl sites for hydroxylation is 1. The third-order valence-electron chi connectivity index (χ3n) is 2.31. The fraction of sp³-hybridized carbons (Fsp3) is 0.167. The second kappa shape index (κ2) is 4.35.